The van der Waals surface area contributed by atoms with Crippen LogP contribution in [0.2, 0.25) is 0 Å². The van der Waals surface area contributed by atoms with Crippen LogP contribution in [-0.4, -0.2) is 30.3 Å². The van der Waals surface area contributed by atoms with Gasteiger partial charge in [0, 0.05) is 24.2 Å². The molecule has 156 valence electrons. The molecule has 3 aromatic rings. The summed E-state index contributed by atoms with van der Waals surface area (Å²) in [6.07, 6.45) is 5.34. The van der Waals surface area contributed by atoms with E-state index in [0.29, 0.717) is 28.1 Å². The van der Waals surface area contributed by atoms with Crippen molar-refractivity contribution >= 4 is 34.6 Å². The molecule has 7 heteroatoms. The molecule has 31 heavy (non-hydrogen) atoms. The number of carbonyl (C=O) groups is 1. The number of amides is 1. The summed E-state index contributed by atoms with van der Waals surface area (Å²) in [5.74, 6) is 1.90. The highest BCUT2D eigenvalue weighted by molar-refractivity contribution is 8.13. The Balaban J connectivity index is 1.66. The molecule has 4 rings (SSSR count). The lowest BCUT2D eigenvalue weighted by Crippen LogP contribution is -2.30. The van der Waals surface area contributed by atoms with E-state index in [9.17, 15) is 4.79 Å². The lowest BCUT2D eigenvalue weighted by Gasteiger charge is -2.18. The molecule has 1 aromatic heterocycles. The van der Waals surface area contributed by atoms with Gasteiger partial charge in [0.05, 0.1) is 19.9 Å². The Kier molecular flexibility index (Phi) is 6.33. The molecular weight excluding hydrogens is 410 g/mol. The standard InChI is InChI=1S/C24H21N3O3S/c1-29-20-10-8-17(9-11-20)13-22-23(28)27(19-6-3-7-21(14-19)30-2)24(26-22)31-16-18-5-4-12-25-15-18/h3-15H,16H2,1-2H3/b22-13+. The number of methoxy groups -OCH3 is 2. The molecule has 2 aromatic carbocycles. The van der Waals surface area contributed by atoms with E-state index in [1.807, 2.05) is 66.9 Å². The predicted octanol–water partition coefficient (Wildman–Crippen LogP) is 4.78. The molecule has 1 aliphatic heterocycles. The average molecular weight is 432 g/mol. The maximum absolute atomic E-state index is 13.3. The van der Waals surface area contributed by atoms with Crippen LogP contribution in [0, 0.1) is 0 Å². The molecule has 0 aliphatic carbocycles. The molecule has 0 radical (unpaired) electrons. The first-order valence-corrected chi connectivity index (χ1v) is 10.6. The number of thioether (sulfide) groups is 1. The van der Waals surface area contributed by atoms with Crippen LogP contribution in [-0.2, 0) is 10.5 Å². The summed E-state index contributed by atoms with van der Waals surface area (Å²) in [4.78, 5) is 23.7. The number of benzene rings is 2. The first-order valence-electron chi connectivity index (χ1n) is 9.62. The molecular formula is C24H21N3O3S. The van der Waals surface area contributed by atoms with Crippen molar-refractivity contribution in [2.75, 3.05) is 19.1 Å². The first-order chi connectivity index (χ1) is 15.2. The molecule has 0 fully saturated rings. The molecule has 0 saturated heterocycles. The van der Waals surface area contributed by atoms with Crippen LogP contribution in [0.5, 0.6) is 11.5 Å². The molecule has 0 unspecified atom stereocenters. The van der Waals surface area contributed by atoms with Crippen LogP contribution < -0.4 is 14.4 Å². The Bertz CT molecular complexity index is 1130. The Hall–Kier alpha value is -3.58. The maximum Gasteiger partial charge on any atom is 0.283 e. The van der Waals surface area contributed by atoms with Crippen LogP contribution in [0.3, 0.4) is 0 Å². The summed E-state index contributed by atoms with van der Waals surface area (Å²) in [6, 6.07) is 18.8. The van der Waals surface area contributed by atoms with Crippen molar-refractivity contribution in [3.8, 4) is 11.5 Å². The molecule has 0 spiro atoms. The van der Waals surface area contributed by atoms with E-state index in [1.54, 1.807) is 31.4 Å². The van der Waals surface area contributed by atoms with Gasteiger partial charge < -0.3 is 9.47 Å². The largest absolute Gasteiger partial charge is 0.497 e. The number of hydrogen-bond donors (Lipinski definition) is 0. The Labute approximate surface area is 185 Å². The van der Waals surface area contributed by atoms with Gasteiger partial charge in [0.1, 0.15) is 17.2 Å². The number of ether oxygens (including phenoxy) is 2. The van der Waals surface area contributed by atoms with Crippen molar-refractivity contribution in [2.45, 2.75) is 5.75 Å². The van der Waals surface area contributed by atoms with Crippen LogP contribution in [0.4, 0.5) is 5.69 Å². The van der Waals surface area contributed by atoms with Gasteiger partial charge in [-0.15, -0.1) is 0 Å². The summed E-state index contributed by atoms with van der Waals surface area (Å²) in [7, 11) is 3.22. The zero-order valence-corrected chi connectivity index (χ0v) is 18.0. The fraction of sp³-hybridized carbons (Fsp3) is 0.125. The first kappa shape index (κ1) is 20.7. The zero-order chi connectivity index (χ0) is 21.6. The minimum Gasteiger partial charge on any atom is -0.497 e. The van der Waals surface area contributed by atoms with Crippen molar-refractivity contribution in [1.29, 1.82) is 0 Å². The summed E-state index contributed by atoms with van der Waals surface area (Å²) in [6.45, 7) is 0. The van der Waals surface area contributed by atoms with Gasteiger partial charge in [-0.25, -0.2) is 4.99 Å². The maximum atomic E-state index is 13.3. The molecule has 1 amide bonds. The van der Waals surface area contributed by atoms with Crippen molar-refractivity contribution in [3.63, 3.8) is 0 Å². The van der Waals surface area contributed by atoms with Crippen LogP contribution >= 0.6 is 11.8 Å². The lowest BCUT2D eigenvalue weighted by molar-refractivity contribution is -0.113. The van der Waals surface area contributed by atoms with Gasteiger partial charge in [-0.1, -0.05) is 36.0 Å². The van der Waals surface area contributed by atoms with Crippen LogP contribution in [0.1, 0.15) is 11.1 Å². The van der Waals surface area contributed by atoms with Gasteiger partial charge in [0.2, 0.25) is 0 Å². The number of hydrogen-bond acceptors (Lipinski definition) is 6. The Morgan fingerprint density at radius 3 is 2.52 bits per heavy atom. The highest BCUT2D eigenvalue weighted by atomic mass is 32.2. The summed E-state index contributed by atoms with van der Waals surface area (Å²) < 4.78 is 10.5. The third kappa shape index (κ3) is 4.78. The molecule has 0 atom stereocenters. The third-order valence-electron chi connectivity index (χ3n) is 4.65. The number of aromatic nitrogens is 1. The number of carbonyl (C=O) groups excluding carboxylic acids is 1. The van der Waals surface area contributed by atoms with Gasteiger partial charge in [-0.2, -0.15) is 0 Å². The molecule has 0 bridgehead atoms. The van der Waals surface area contributed by atoms with Gasteiger partial charge in [-0.3, -0.25) is 14.7 Å². The van der Waals surface area contributed by atoms with Gasteiger partial charge in [0.25, 0.3) is 5.91 Å². The van der Waals surface area contributed by atoms with E-state index >= 15 is 0 Å². The number of pyridine rings is 1. The van der Waals surface area contributed by atoms with E-state index in [1.165, 1.54) is 11.8 Å². The van der Waals surface area contributed by atoms with E-state index in [4.69, 9.17) is 9.47 Å². The second kappa shape index (κ2) is 9.49. The number of rotatable bonds is 6. The second-order valence-corrected chi connectivity index (χ2v) is 7.63. The average Bonchev–Trinajstić information content (AvgIpc) is 3.13. The van der Waals surface area contributed by atoms with Crippen molar-refractivity contribution in [1.82, 2.24) is 4.98 Å². The third-order valence-corrected chi connectivity index (χ3v) is 5.66. The zero-order valence-electron chi connectivity index (χ0n) is 17.2. The fourth-order valence-corrected chi connectivity index (χ4v) is 4.01. The van der Waals surface area contributed by atoms with E-state index < -0.39 is 0 Å². The molecule has 0 N–H and O–H groups in total. The van der Waals surface area contributed by atoms with Crippen LogP contribution in [0.15, 0.2) is 83.7 Å². The second-order valence-electron chi connectivity index (χ2n) is 6.69. The van der Waals surface area contributed by atoms with E-state index in [2.05, 4.69) is 9.98 Å². The molecule has 0 saturated carbocycles. The quantitative estimate of drug-likeness (QED) is 0.526. The number of nitrogens with zero attached hydrogens (tertiary/aromatic N) is 3. The molecule has 6 nitrogen and oxygen atoms in total. The summed E-state index contributed by atoms with van der Waals surface area (Å²) in [5, 5.41) is 0.613. The lowest BCUT2D eigenvalue weighted by atomic mass is 10.2. The highest BCUT2D eigenvalue weighted by Gasteiger charge is 2.32. The topological polar surface area (TPSA) is 64.0 Å². The van der Waals surface area contributed by atoms with E-state index in [-0.39, 0.29) is 5.91 Å². The van der Waals surface area contributed by atoms with Gasteiger partial charge in [0.15, 0.2) is 5.17 Å². The van der Waals surface area contributed by atoms with E-state index in [0.717, 1.165) is 16.9 Å². The summed E-state index contributed by atoms with van der Waals surface area (Å²) >= 11 is 1.49. The smallest absolute Gasteiger partial charge is 0.283 e. The Morgan fingerprint density at radius 2 is 1.81 bits per heavy atom. The predicted molar refractivity (Wildman–Crippen MR) is 124 cm³/mol. The number of amidine groups is 1. The van der Waals surface area contributed by atoms with Crippen molar-refractivity contribution in [2.24, 2.45) is 4.99 Å². The Morgan fingerprint density at radius 1 is 1.00 bits per heavy atom. The number of aliphatic imine (C=N–C) groups is 1. The molecule has 2 heterocycles. The van der Waals surface area contributed by atoms with Crippen LogP contribution in [0.25, 0.3) is 6.08 Å². The monoisotopic (exact) mass is 431 g/mol. The molecule has 1 aliphatic rings. The summed E-state index contributed by atoms with van der Waals surface area (Å²) in [5.41, 5.74) is 3.01. The van der Waals surface area contributed by atoms with Crippen molar-refractivity contribution in [3.05, 3.63) is 89.9 Å². The van der Waals surface area contributed by atoms with Gasteiger partial charge in [-0.05, 0) is 47.5 Å². The minimum atomic E-state index is -0.183. The fourth-order valence-electron chi connectivity index (χ4n) is 3.06. The SMILES string of the molecule is COc1ccc(/C=C2/N=C(SCc3cccnc3)N(c3cccc(OC)c3)C2=O)cc1. The normalized spacial score (nSPS) is 14.6. The van der Waals surface area contributed by atoms with Gasteiger partial charge >= 0.3 is 0 Å². The minimum absolute atomic E-state index is 0.183. The number of anilines is 1. The van der Waals surface area contributed by atoms with Crippen molar-refractivity contribution < 1.29 is 14.3 Å². The highest BCUT2D eigenvalue weighted by Crippen LogP contribution is 2.32.